The summed E-state index contributed by atoms with van der Waals surface area (Å²) in [5.41, 5.74) is 0.692. The number of nitrogens with zero attached hydrogens (tertiary/aromatic N) is 7. The Balaban J connectivity index is 1.48. The Bertz CT molecular complexity index is 960. The zero-order valence-electron chi connectivity index (χ0n) is 14.5. The summed E-state index contributed by atoms with van der Waals surface area (Å²) in [4.78, 5) is 27.3. The van der Waals surface area contributed by atoms with E-state index in [2.05, 4.69) is 25.4 Å². The van der Waals surface area contributed by atoms with Crippen LogP contribution in [0, 0.1) is 6.92 Å². The van der Waals surface area contributed by atoms with Gasteiger partial charge in [-0.1, -0.05) is 0 Å². The van der Waals surface area contributed by atoms with E-state index < -0.39 is 0 Å². The van der Waals surface area contributed by atoms with Crippen LogP contribution in [-0.2, 0) is 6.54 Å². The predicted octanol–water partition coefficient (Wildman–Crippen LogP) is -0.522. The lowest BCUT2D eigenvalue weighted by molar-refractivity contribution is 0.278. The van der Waals surface area contributed by atoms with E-state index in [1.165, 1.54) is 10.8 Å². The molecule has 3 aromatic heterocycles. The highest BCUT2D eigenvalue weighted by molar-refractivity contribution is 5.36. The van der Waals surface area contributed by atoms with Crippen LogP contribution in [0.1, 0.15) is 5.69 Å². The van der Waals surface area contributed by atoms with Gasteiger partial charge in [0.15, 0.2) is 5.82 Å². The van der Waals surface area contributed by atoms with E-state index >= 15 is 0 Å². The van der Waals surface area contributed by atoms with Crippen molar-refractivity contribution in [3.05, 3.63) is 40.8 Å². The minimum Gasteiger partial charge on any atom is -0.476 e. The van der Waals surface area contributed by atoms with Crippen molar-refractivity contribution in [3.63, 3.8) is 0 Å². The van der Waals surface area contributed by atoms with Gasteiger partial charge in [0.1, 0.15) is 12.9 Å². The maximum Gasteiger partial charge on any atom is 0.293 e. The quantitative estimate of drug-likeness (QED) is 0.651. The van der Waals surface area contributed by atoms with Crippen molar-refractivity contribution in [2.24, 2.45) is 0 Å². The van der Waals surface area contributed by atoms with Crippen LogP contribution in [0.15, 0.2) is 29.6 Å². The molecule has 4 heterocycles. The molecule has 1 saturated heterocycles. The Morgan fingerprint density at radius 3 is 2.96 bits per heavy atom. The van der Waals surface area contributed by atoms with Gasteiger partial charge in [-0.2, -0.15) is 14.6 Å². The van der Waals surface area contributed by atoms with Gasteiger partial charge >= 0.3 is 0 Å². The number of aryl methyl sites for hydroxylation is 1. The summed E-state index contributed by atoms with van der Waals surface area (Å²) in [5.74, 6) is 1.53. The number of anilines is 1. The summed E-state index contributed by atoms with van der Waals surface area (Å²) in [6.07, 6.45) is 4.77. The largest absolute Gasteiger partial charge is 0.476 e. The third-order valence-corrected chi connectivity index (χ3v) is 4.24. The van der Waals surface area contributed by atoms with Gasteiger partial charge in [0.05, 0.1) is 6.54 Å². The first-order valence-corrected chi connectivity index (χ1v) is 8.54. The smallest absolute Gasteiger partial charge is 0.293 e. The molecule has 26 heavy (non-hydrogen) atoms. The molecule has 136 valence electrons. The highest BCUT2D eigenvalue weighted by Gasteiger charge is 2.16. The fourth-order valence-corrected chi connectivity index (χ4v) is 2.95. The Hall–Kier alpha value is -3.01. The van der Waals surface area contributed by atoms with E-state index in [9.17, 15) is 4.79 Å². The first kappa shape index (κ1) is 16.5. The molecule has 1 aliphatic heterocycles. The molecule has 10 heteroatoms. The van der Waals surface area contributed by atoms with Crippen molar-refractivity contribution < 1.29 is 4.74 Å². The molecule has 0 saturated carbocycles. The van der Waals surface area contributed by atoms with E-state index in [4.69, 9.17) is 4.74 Å². The Labute approximate surface area is 149 Å². The van der Waals surface area contributed by atoms with Crippen LogP contribution in [0.4, 0.5) is 5.82 Å². The molecule has 0 amide bonds. The Morgan fingerprint density at radius 2 is 2.12 bits per heavy atom. The van der Waals surface area contributed by atoms with Gasteiger partial charge in [0, 0.05) is 50.3 Å². The molecule has 1 N–H and O–H groups in total. The third kappa shape index (κ3) is 3.23. The molecule has 1 aliphatic rings. The van der Waals surface area contributed by atoms with E-state index in [1.54, 1.807) is 23.0 Å². The van der Waals surface area contributed by atoms with E-state index in [1.807, 2.05) is 11.8 Å². The standard InChI is InChI=1S/C16H20N8O2/c1-12-10-13(24-16(21-12)19-11-20-24)26-9-8-23-7-4-18-14(15(23)25)22-5-2-17-3-6-22/h4,7,10-11,17H,2-3,5-6,8-9H2,1H3. The summed E-state index contributed by atoms with van der Waals surface area (Å²) in [7, 11) is 0. The summed E-state index contributed by atoms with van der Waals surface area (Å²) in [6, 6.07) is 1.79. The van der Waals surface area contributed by atoms with E-state index in [-0.39, 0.29) is 5.56 Å². The molecule has 1 fully saturated rings. The fourth-order valence-electron chi connectivity index (χ4n) is 2.95. The molecule has 4 rings (SSSR count). The second kappa shape index (κ2) is 7.08. The Morgan fingerprint density at radius 1 is 1.27 bits per heavy atom. The minimum absolute atomic E-state index is 0.102. The molecular weight excluding hydrogens is 336 g/mol. The van der Waals surface area contributed by atoms with Crippen molar-refractivity contribution in [1.82, 2.24) is 34.4 Å². The second-order valence-corrected chi connectivity index (χ2v) is 6.04. The zero-order chi connectivity index (χ0) is 17.9. The average molecular weight is 356 g/mol. The highest BCUT2D eigenvalue weighted by Crippen LogP contribution is 2.12. The molecule has 0 aliphatic carbocycles. The fraction of sp³-hybridized carbons (Fsp3) is 0.438. The van der Waals surface area contributed by atoms with E-state index in [0.717, 1.165) is 31.9 Å². The van der Waals surface area contributed by atoms with Gasteiger partial charge in [-0.3, -0.25) is 4.79 Å². The maximum atomic E-state index is 12.7. The lowest BCUT2D eigenvalue weighted by Gasteiger charge is -2.27. The van der Waals surface area contributed by atoms with Crippen molar-refractivity contribution in [1.29, 1.82) is 0 Å². The number of rotatable bonds is 5. The SMILES string of the molecule is Cc1cc(OCCn2ccnc(N3CCNCC3)c2=O)n2ncnc2n1. The van der Waals surface area contributed by atoms with Crippen LogP contribution >= 0.6 is 0 Å². The van der Waals surface area contributed by atoms with Crippen molar-refractivity contribution >= 4 is 11.6 Å². The number of piperazine rings is 1. The van der Waals surface area contributed by atoms with Gasteiger partial charge < -0.3 is 19.5 Å². The van der Waals surface area contributed by atoms with Gasteiger partial charge in [0.25, 0.3) is 11.3 Å². The first-order valence-electron chi connectivity index (χ1n) is 8.54. The molecule has 3 aromatic rings. The summed E-state index contributed by atoms with van der Waals surface area (Å²) in [6.45, 7) is 5.88. The van der Waals surface area contributed by atoms with Crippen LogP contribution in [0.5, 0.6) is 5.88 Å². The minimum atomic E-state index is -0.102. The van der Waals surface area contributed by atoms with Crippen LogP contribution in [0.3, 0.4) is 0 Å². The van der Waals surface area contributed by atoms with Crippen molar-refractivity contribution in [2.75, 3.05) is 37.7 Å². The molecule has 0 aromatic carbocycles. The van der Waals surface area contributed by atoms with Crippen LogP contribution in [0.2, 0.25) is 0 Å². The summed E-state index contributed by atoms with van der Waals surface area (Å²) >= 11 is 0. The van der Waals surface area contributed by atoms with Crippen molar-refractivity contribution in [3.8, 4) is 5.88 Å². The number of ether oxygens (including phenoxy) is 1. The van der Waals surface area contributed by atoms with Crippen LogP contribution < -0.4 is 20.5 Å². The van der Waals surface area contributed by atoms with Crippen LogP contribution in [-0.4, -0.2) is 61.9 Å². The molecule has 0 spiro atoms. The number of aromatic nitrogens is 6. The van der Waals surface area contributed by atoms with Crippen molar-refractivity contribution in [2.45, 2.75) is 13.5 Å². The van der Waals surface area contributed by atoms with E-state index in [0.29, 0.717) is 30.6 Å². The van der Waals surface area contributed by atoms with Gasteiger partial charge in [-0.05, 0) is 6.92 Å². The number of hydrogen-bond acceptors (Lipinski definition) is 8. The van der Waals surface area contributed by atoms with Crippen LogP contribution in [0.25, 0.3) is 5.78 Å². The third-order valence-electron chi connectivity index (χ3n) is 4.24. The zero-order valence-corrected chi connectivity index (χ0v) is 14.5. The molecular formula is C16H20N8O2. The first-order chi connectivity index (χ1) is 12.7. The monoisotopic (exact) mass is 356 g/mol. The second-order valence-electron chi connectivity index (χ2n) is 6.04. The summed E-state index contributed by atoms with van der Waals surface area (Å²) in [5, 5.41) is 7.38. The van der Waals surface area contributed by atoms with Gasteiger partial charge in [0.2, 0.25) is 5.88 Å². The number of fused-ring (bicyclic) bond motifs is 1. The maximum absolute atomic E-state index is 12.7. The molecule has 10 nitrogen and oxygen atoms in total. The number of nitrogens with one attached hydrogen (secondary N) is 1. The molecule has 0 radical (unpaired) electrons. The predicted molar refractivity (Wildman–Crippen MR) is 94.6 cm³/mol. The topological polar surface area (TPSA) is 102 Å². The Kier molecular flexibility index (Phi) is 4.48. The normalized spacial score (nSPS) is 14.7. The average Bonchev–Trinajstić information content (AvgIpc) is 3.12. The highest BCUT2D eigenvalue weighted by atomic mass is 16.5. The lowest BCUT2D eigenvalue weighted by atomic mass is 10.3. The molecule has 0 unspecified atom stereocenters. The van der Waals surface area contributed by atoms with Gasteiger partial charge in [-0.15, -0.1) is 0 Å². The summed E-state index contributed by atoms with van der Waals surface area (Å²) < 4.78 is 8.98. The lowest BCUT2D eigenvalue weighted by Crippen LogP contribution is -2.46. The van der Waals surface area contributed by atoms with Gasteiger partial charge in [-0.25, -0.2) is 9.97 Å². The number of hydrogen-bond donors (Lipinski definition) is 1. The molecule has 0 atom stereocenters. The molecule has 0 bridgehead atoms.